The summed E-state index contributed by atoms with van der Waals surface area (Å²) in [6.07, 6.45) is 0.728. The van der Waals surface area contributed by atoms with E-state index >= 15 is 0 Å². The summed E-state index contributed by atoms with van der Waals surface area (Å²) in [6, 6.07) is 12.4. The summed E-state index contributed by atoms with van der Waals surface area (Å²) in [5.41, 5.74) is 1.94. The maximum absolute atomic E-state index is 12.9. The van der Waals surface area contributed by atoms with Gasteiger partial charge in [-0.15, -0.1) is 11.3 Å². The van der Waals surface area contributed by atoms with Gasteiger partial charge in [0.15, 0.2) is 6.61 Å². The molecule has 0 unspecified atom stereocenters. The smallest absolute Gasteiger partial charge is 0.344 e. The third-order valence-electron chi connectivity index (χ3n) is 3.40. The second-order valence-electron chi connectivity index (χ2n) is 5.29. The van der Waals surface area contributed by atoms with Crippen LogP contribution in [0.3, 0.4) is 0 Å². The number of ether oxygens (including phenoxy) is 2. The van der Waals surface area contributed by atoms with E-state index in [0.717, 1.165) is 16.9 Å². The molecule has 0 N–H and O–H groups in total. The maximum atomic E-state index is 12.9. The number of thiazole rings is 1. The number of aldehydes is 1. The average molecular weight is 371 g/mol. The van der Waals surface area contributed by atoms with E-state index in [1.54, 1.807) is 41.8 Å². The van der Waals surface area contributed by atoms with Crippen molar-refractivity contribution in [2.75, 3.05) is 6.61 Å². The Morgan fingerprint density at radius 1 is 1.12 bits per heavy atom. The van der Waals surface area contributed by atoms with Crippen molar-refractivity contribution in [1.82, 2.24) is 4.98 Å². The van der Waals surface area contributed by atoms with E-state index in [-0.39, 0.29) is 19.0 Å². The van der Waals surface area contributed by atoms with Crippen LogP contribution in [0.5, 0.6) is 5.75 Å². The van der Waals surface area contributed by atoms with Crippen LogP contribution in [0, 0.1) is 5.82 Å². The quantitative estimate of drug-likeness (QED) is 0.466. The second kappa shape index (κ2) is 8.35. The summed E-state index contributed by atoms with van der Waals surface area (Å²) in [6.45, 7) is -0.209. The molecule has 5 nitrogen and oxygen atoms in total. The number of halogens is 1. The van der Waals surface area contributed by atoms with E-state index in [1.165, 1.54) is 23.5 Å². The van der Waals surface area contributed by atoms with Gasteiger partial charge in [0.1, 0.15) is 29.5 Å². The summed E-state index contributed by atoms with van der Waals surface area (Å²) in [4.78, 5) is 26.7. The lowest BCUT2D eigenvalue weighted by atomic mass is 10.2. The molecule has 0 saturated heterocycles. The van der Waals surface area contributed by atoms with Crippen LogP contribution < -0.4 is 4.74 Å². The molecule has 0 radical (unpaired) electrons. The largest absolute Gasteiger partial charge is 0.482 e. The minimum Gasteiger partial charge on any atom is -0.482 e. The fraction of sp³-hybridized carbons (Fsp3) is 0.105. The highest BCUT2D eigenvalue weighted by atomic mass is 32.1. The zero-order chi connectivity index (χ0) is 18.4. The topological polar surface area (TPSA) is 65.5 Å². The molecule has 0 spiro atoms. The van der Waals surface area contributed by atoms with Crippen LogP contribution in [0.25, 0.3) is 10.6 Å². The second-order valence-corrected chi connectivity index (χ2v) is 6.15. The van der Waals surface area contributed by atoms with Crippen molar-refractivity contribution in [3.05, 3.63) is 71.0 Å². The third-order valence-corrected chi connectivity index (χ3v) is 4.34. The Morgan fingerprint density at radius 3 is 2.54 bits per heavy atom. The Balaban J connectivity index is 1.48. The highest BCUT2D eigenvalue weighted by Crippen LogP contribution is 2.24. The summed E-state index contributed by atoms with van der Waals surface area (Å²) in [5.74, 6) is -0.360. The van der Waals surface area contributed by atoms with Crippen LogP contribution in [0.4, 0.5) is 4.39 Å². The molecule has 0 fully saturated rings. The number of carbonyl (C=O) groups is 2. The van der Waals surface area contributed by atoms with Gasteiger partial charge in [0.2, 0.25) is 0 Å². The van der Waals surface area contributed by atoms with E-state index in [2.05, 4.69) is 4.98 Å². The van der Waals surface area contributed by atoms with Gasteiger partial charge >= 0.3 is 5.97 Å². The van der Waals surface area contributed by atoms with E-state index in [0.29, 0.717) is 17.0 Å². The van der Waals surface area contributed by atoms with Gasteiger partial charge in [-0.05, 0) is 48.5 Å². The Kier molecular flexibility index (Phi) is 5.70. The van der Waals surface area contributed by atoms with E-state index in [9.17, 15) is 14.0 Å². The van der Waals surface area contributed by atoms with Crippen LogP contribution in [-0.4, -0.2) is 23.8 Å². The first-order valence-electron chi connectivity index (χ1n) is 7.68. The van der Waals surface area contributed by atoms with Crippen LogP contribution in [0.1, 0.15) is 16.1 Å². The van der Waals surface area contributed by atoms with Crippen molar-refractivity contribution in [2.45, 2.75) is 6.61 Å². The number of hydrogen-bond acceptors (Lipinski definition) is 6. The Morgan fingerprint density at radius 2 is 1.85 bits per heavy atom. The minimum absolute atomic E-state index is 0.0317. The van der Waals surface area contributed by atoms with Gasteiger partial charge in [-0.25, -0.2) is 14.2 Å². The zero-order valence-corrected chi connectivity index (χ0v) is 14.4. The molecule has 0 atom stereocenters. The third kappa shape index (κ3) is 4.73. The molecular formula is C19H14FNO4S. The highest BCUT2D eigenvalue weighted by molar-refractivity contribution is 7.13. The van der Waals surface area contributed by atoms with Gasteiger partial charge in [0, 0.05) is 16.5 Å². The normalized spacial score (nSPS) is 10.3. The predicted molar refractivity (Wildman–Crippen MR) is 94.6 cm³/mol. The Hall–Kier alpha value is -3.06. The summed E-state index contributed by atoms with van der Waals surface area (Å²) >= 11 is 1.39. The van der Waals surface area contributed by atoms with Gasteiger partial charge in [-0.2, -0.15) is 0 Å². The zero-order valence-electron chi connectivity index (χ0n) is 13.6. The van der Waals surface area contributed by atoms with Crippen LogP contribution in [-0.2, 0) is 16.1 Å². The number of nitrogens with zero attached hydrogens (tertiary/aromatic N) is 1. The molecule has 7 heteroatoms. The molecule has 2 aromatic carbocycles. The molecule has 0 aliphatic heterocycles. The van der Waals surface area contributed by atoms with Gasteiger partial charge < -0.3 is 9.47 Å². The van der Waals surface area contributed by atoms with Crippen LogP contribution in [0.2, 0.25) is 0 Å². The van der Waals surface area contributed by atoms with Crippen LogP contribution >= 0.6 is 11.3 Å². The molecule has 0 aliphatic carbocycles. The van der Waals surface area contributed by atoms with Gasteiger partial charge in [0.25, 0.3) is 0 Å². The van der Waals surface area contributed by atoms with Crippen molar-refractivity contribution in [1.29, 1.82) is 0 Å². The van der Waals surface area contributed by atoms with Crippen molar-refractivity contribution >= 4 is 23.6 Å². The molecule has 3 aromatic rings. The van der Waals surface area contributed by atoms with Gasteiger partial charge in [-0.1, -0.05) is 0 Å². The van der Waals surface area contributed by atoms with Gasteiger partial charge in [-0.3, -0.25) is 4.79 Å². The van der Waals surface area contributed by atoms with Crippen molar-refractivity contribution < 1.29 is 23.5 Å². The molecule has 0 bridgehead atoms. The molecule has 1 heterocycles. The first kappa shape index (κ1) is 17.8. The standard InChI is InChI=1S/C19H14FNO4S/c20-15-5-3-14(4-6-15)19-21-16(12-26-19)10-25-18(23)11-24-17-7-1-13(9-22)2-8-17/h1-9,12H,10-11H2. The van der Waals surface area contributed by atoms with Crippen molar-refractivity contribution in [3.8, 4) is 16.3 Å². The molecule has 3 rings (SSSR count). The SMILES string of the molecule is O=Cc1ccc(OCC(=O)OCc2csc(-c3ccc(F)cc3)n2)cc1. The first-order chi connectivity index (χ1) is 12.6. The van der Waals surface area contributed by atoms with Gasteiger partial charge in [0.05, 0.1) is 5.69 Å². The predicted octanol–water partition coefficient (Wildman–Crippen LogP) is 3.88. The number of esters is 1. The molecule has 0 aliphatic rings. The molecule has 0 saturated carbocycles. The molecule has 1 aromatic heterocycles. The molecule has 26 heavy (non-hydrogen) atoms. The lowest BCUT2D eigenvalue weighted by Crippen LogP contribution is -2.14. The van der Waals surface area contributed by atoms with Crippen molar-refractivity contribution in [2.24, 2.45) is 0 Å². The number of aromatic nitrogens is 1. The van der Waals surface area contributed by atoms with E-state index in [4.69, 9.17) is 9.47 Å². The summed E-state index contributed by atoms with van der Waals surface area (Å²) in [7, 11) is 0. The summed E-state index contributed by atoms with van der Waals surface area (Å²) in [5, 5.41) is 2.51. The highest BCUT2D eigenvalue weighted by Gasteiger charge is 2.09. The van der Waals surface area contributed by atoms with E-state index in [1.807, 2.05) is 0 Å². The fourth-order valence-electron chi connectivity index (χ4n) is 2.08. The Labute approximate surface area is 153 Å². The Bertz CT molecular complexity index is 891. The first-order valence-corrected chi connectivity index (χ1v) is 8.56. The number of benzene rings is 2. The lowest BCUT2D eigenvalue weighted by molar-refractivity contribution is -0.147. The maximum Gasteiger partial charge on any atom is 0.344 e. The monoisotopic (exact) mass is 371 g/mol. The fourth-order valence-corrected chi connectivity index (χ4v) is 2.89. The number of carbonyl (C=O) groups excluding carboxylic acids is 2. The number of hydrogen-bond donors (Lipinski definition) is 0. The van der Waals surface area contributed by atoms with Crippen LogP contribution in [0.15, 0.2) is 53.9 Å². The molecular weight excluding hydrogens is 357 g/mol. The molecule has 132 valence electrons. The summed E-state index contributed by atoms with van der Waals surface area (Å²) < 4.78 is 23.4. The molecule has 0 amide bonds. The lowest BCUT2D eigenvalue weighted by Gasteiger charge is -2.06. The number of rotatable bonds is 7. The van der Waals surface area contributed by atoms with Crippen molar-refractivity contribution in [3.63, 3.8) is 0 Å². The van der Waals surface area contributed by atoms with E-state index < -0.39 is 5.97 Å². The minimum atomic E-state index is -0.527. The average Bonchev–Trinajstić information content (AvgIpc) is 3.14.